The highest BCUT2D eigenvalue weighted by atomic mass is 127. The molecule has 0 amide bonds. The summed E-state index contributed by atoms with van der Waals surface area (Å²) in [4.78, 5) is 0. The molecule has 0 aliphatic carbocycles. The topological polar surface area (TPSA) is 18.5 Å². The van der Waals surface area contributed by atoms with E-state index in [1.165, 1.54) is 152 Å². The van der Waals surface area contributed by atoms with Gasteiger partial charge < -0.3 is 9.47 Å². The Labute approximate surface area is 235 Å². The fourth-order valence-electron chi connectivity index (χ4n) is 4.52. The van der Waals surface area contributed by atoms with E-state index in [-0.39, 0.29) is 6.29 Å². The van der Waals surface area contributed by atoms with Crippen molar-refractivity contribution >= 4 is 22.6 Å². The molecule has 0 N–H and O–H groups in total. The Kier molecular flexibility index (Phi) is 32.8. The lowest BCUT2D eigenvalue weighted by Gasteiger charge is -2.19. The summed E-state index contributed by atoms with van der Waals surface area (Å²) in [5, 5.41) is 0. The maximum absolute atomic E-state index is 6.21. The molecule has 3 heteroatoms. The molecule has 0 rings (SSSR count). The third kappa shape index (κ3) is 30.5. The minimum absolute atomic E-state index is 0.0281. The molecule has 210 valence electrons. The van der Waals surface area contributed by atoms with Gasteiger partial charge in [-0.25, -0.2) is 0 Å². The van der Waals surface area contributed by atoms with E-state index in [1.807, 2.05) is 0 Å². The van der Waals surface area contributed by atoms with Crippen molar-refractivity contribution in [3.05, 3.63) is 12.2 Å². The van der Waals surface area contributed by atoms with Crippen LogP contribution in [0.1, 0.15) is 168 Å². The molecule has 0 spiro atoms. The molecule has 2 nitrogen and oxygen atoms in total. The highest BCUT2D eigenvalue weighted by Gasteiger charge is 2.09. The second-order valence-electron chi connectivity index (χ2n) is 10.4. The summed E-state index contributed by atoms with van der Waals surface area (Å²) in [5.74, 6) is 0. The minimum atomic E-state index is 0.0281. The van der Waals surface area contributed by atoms with Crippen molar-refractivity contribution in [2.45, 2.75) is 174 Å². The molecule has 0 aromatic rings. The fourth-order valence-corrected chi connectivity index (χ4v) is 4.88. The number of hydrogen-bond acceptors (Lipinski definition) is 2. The van der Waals surface area contributed by atoms with Gasteiger partial charge in [-0.3, -0.25) is 0 Å². The molecule has 35 heavy (non-hydrogen) atoms. The van der Waals surface area contributed by atoms with Gasteiger partial charge in [-0.2, -0.15) is 0 Å². The molecule has 0 saturated carbocycles. The average molecular weight is 607 g/mol. The maximum atomic E-state index is 6.21. The van der Waals surface area contributed by atoms with E-state index in [1.54, 1.807) is 0 Å². The van der Waals surface area contributed by atoms with Gasteiger partial charge in [0.2, 0.25) is 0 Å². The van der Waals surface area contributed by atoms with Crippen LogP contribution >= 0.6 is 22.6 Å². The van der Waals surface area contributed by atoms with Crippen molar-refractivity contribution < 1.29 is 9.47 Å². The monoisotopic (exact) mass is 606 g/mol. The van der Waals surface area contributed by atoms with Crippen LogP contribution in [0.3, 0.4) is 0 Å². The third-order valence-corrected chi connectivity index (χ3v) is 7.48. The second kappa shape index (κ2) is 32.4. The van der Waals surface area contributed by atoms with Gasteiger partial charge >= 0.3 is 0 Å². The lowest BCUT2D eigenvalue weighted by Crippen LogP contribution is -2.19. The van der Waals surface area contributed by atoms with E-state index in [0.717, 1.165) is 19.6 Å². The smallest absolute Gasteiger partial charge is 0.157 e. The average Bonchev–Trinajstić information content (AvgIpc) is 2.87. The van der Waals surface area contributed by atoms with E-state index < -0.39 is 0 Å². The van der Waals surface area contributed by atoms with Gasteiger partial charge in [0.05, 0.1) is 0 Å². The van der Waals surface area contributed by atoms with Crippen LogP contribution < -0.4 is 0 Å². The van der Waals surface area contributed by atoms with Crippen LogP contribution in [0.15, 0.2) is 12.2 Å². The van der Waals surface area contributed by atoms with Crippen LogP contribution in [0.5, 0.6) is 0 Å². The van der Waals surface area contributed by atoms with Gasteiger partial charge in [-0.05, 0) is 44.9 Å². The van der Waals surface area contributed by atoms with Crippen molar-refractivity contribution in [2.24, 2.45) is 0 Å². The number of hydrogen-bond donors (Lipinski definition) is 0. The summed E-state index contributed by atoms with van der Waals surface area (Å²) in [5.41, 5.74) is 0. The molecule has 0 radical (unpaired) electrons. The summed E-state index contributed by atoms with van der Waals surface area (Å²) in [6.45, 7) is 6.33. The van der Waals surface area contributed by atoms with Crippen LogP contribution in [0.4, 0.5) is 0 Å². The van der Waals surface area contributed by atoms with Crippen molar-refractivity contribution in [1.82, 2.24) is 0 Å². The molecule has 0 aliphatic heterocycles. The number of alkyl halides is 1. The number of halogens is 1. The van der Waals surface area contributed by atoms with Crippen molar-refractivity contribution in [3.8, 4) is 0 Å². The van der Waals surface area contributed by atoms with Crippen molar-refractivity contribution in [2.75, 3.05) is 17.6 Å². The quantitative estimate of drug-likeness (QED) is 0.0266. The molecule has 0 heterocycles. The first-order chi connectivity index (χ1) is 17.3. The summed E-state index contributed by atoms with van der Waals surface area (Å²) >= 11 is 2.44. The van der Waals surface area contributed by atoms with Gasteiger partial charge in [-0.1, -0.05) is 158 Å². The largest absolute Gasteiger partial charge is 0.353 e. The van der Waals surface area contributed by atoms with E-state index in [4.69, 9.17) is 9.47 Å². The predicted octanol–water partition coefficient (Wildman–Crippen LogP) is 11.7. The molecule has 0 aliphatic rings. The zero-order chi connectivity index (χ0) is 25.5. The summed E-state index contributed by atoms with van der Waals surface area (Å²) in [7, 11) is 0. The number of unbranched alkanes of at least 4 members (excludes halogenated alkanes) is 19. The van der Waals surface area contributed by atoms with Crippen LogP contribution in [0.2, 0.25) is 0 Å². The second-order valence-corrected chi connectivity index (χ2v) is 11.5. The van der Waals surface area contributed by atoms with Gasteiger partial charge in [-0.15, -0.1) is 0 Å². The van der Waals surface area contributed by atoms with Crippen LogP contribution in [0, 0.1) is 0 Å². The molecule has 0 atom stereocenters. The fraction of sp³-hybridized carbons (Fsp3) is 0.938. The molecule has 0 fully saturated rings. The number of allylic oxidation sites excluding steroid dienone is 2. The molecule has 0 bridgehead atoms. The first kappa shape index (κ1) is 35.4. The van der Waals surface area contributed by atoms with Crippen LogP contribution in [0.25, 0.3) is 0 Å². The lowest BCUT2D eigenvalue weighted by atomic mass is 10.1. The van der Waals surface area contributed by atoms with E-state index in [2.05, 4.69) is 48.6 Å². The molecule has 0 aromatic carbocycles. The maximum Gasteiger partial charge on any atom is 0.157 e. The summed E-state index contributed by atoms with van der Waals surface area (Å²) < 4.78 is 13.7. The first-order valence-electron chi connectivity index (χ1n) is 15.8. The Bertz CT molecular complexity index is 377. The standard InChI is InChI=1S/C32H63IO2/c1-3-5-7-9-11-18-22-26-30-34-32(35-31-27-23-19-12-10-8-6-4-2)28-24-20-16-14-13-15-17-21-25-29-33/h17,21,32H,3-16,18-20,22-31H2,1-2H3/b21-17-. The van der Waals surface area contributed by atoms with Gasteiger partial charge in [0.15, 0.2) is 6.29 Å². The van der Waals surface area contributed by atoms with E-state index >= 15 is 0 Å². The zero-order valence-corrected chi connectivity index (χ0v) is 26.2. The van der Waals surface area contributed by atoms with Gasteiger partial charge in [0, 0.05) is 17.6 Å². The number of ether oxygens (including phenoxy) is 2. The van der Waals surface area contributed by atoms with E-state index in [0.29, 0.717) is 0 Å². The normalized spacial score (nSPS) is 11.9. The third-order valence-electron chi connectivity index (χ3n) is 6.86. The van der Waals surface area contributed by atoms with Crippen LogP contribution in [-0.2, 0) is 9.47 Å². The first-order valence-corrected chi connectivity index (χ1v) is 17.3. The SMILES string of the molecule is CCCCCCCCCCOC(CCCCCCC/C=C\CCI)OCCCCCCCCCC. The predicted molar refractivity (Wildman–Crippen MR) is 166 cm³/mol. The lowest BCUT2D eigenvalue weighted by molar-refractivity contribution is -0.148. The van der Waals surface area contributed by atoms with Crippen LogP contribution in [-0.4, -0.2) is 23.9 Å². The van der Waals surface area contributed by atoms with Gasteiger partial charge in [0.25, 0.3) is 0 Å². The Morgan fingerprint density at radius 3 is 1.37 bits per heavy atom. The van der Waals surface area contributed by atoms with Gasteiger partial charge in [0.1, 0.15) is 0 Å². The highest BCUT2D eigenvalue weighted by molar-refractivity contribution is 14.1. The molecule has 0 unspecified atom stereocenters. The van der Waals surface area contributed by atoms with E-state index in [9.17, 15) is 0 Å². The summed E-state index contributed by atoms with van der Waals surface area (Å²) in [6.07, 6.45) is 36.5. The molecule has 0 saturated heterocycles. The minimum Gasteiger partial charge on any atom is -0.353 e. The Morgan fingerprint density at radius 1 is 0.486 bits per heavy atom. The Hall–Kier alpha value is 0.390. The highest BCUT2D eigenvalue weighted by Crippen LogP contribution is 2.15. The van der Waals surface area contributed by atoms with Crippen molar-refractivity contribution in [1.29, 1.82) is 0 Å². The Morgan fingerprint density at radius 2 is 0.886 bits per heavy atom. The molecule has 0 aromatic heterocycles. The Balaban J connectivity index is 3.89. The van der Waals surface area contributed by atoms with Crippen molar-refractivity contribution in [3.63, 3.8) is 0 Å². The number of rotatable bonds is 30. The zero-order valence-electron chi connectivity index (χ0n) is 24.0. The molecular weight excluding hydrogens is 543 g/mol. The molecular formula is C32H63IO2. The summed E-state index contributed by atoms with van der Waals surface area (Å²) in [6, 6.07) is 0.